The second-order valence-electron chi connectivity index (χ2n) is 16.8. The van der Waals surface area contributed by atoms with Crippen molar-refractivity contribution >= 4 is 35.3 Å². The molecule has 0 fully saturated rings. The second-order valence-corrected chi connectivity index (χ2v) is 19.9. The molecule has 4 aliphatic rings. The van der Waals surface area contributed by atoms with Crippen LogP contribution in [-0.2, 0) is 16.2 Å². The lowest BCUT2D eigenvalue weighted by atomic mass is 9.75. The van der Waals surface area contributed by atoms with Crippen LogP contribution >= 0.6 is 35.3 Å². The third-order valence-corrected chi connectivity index (χ3v) is 16.5. The summed E-state index contributed by atoms with van der Waals surface area (Å²) in [5.74, 6) is 0. The van der Waals surface area contributed by atoms with Crippen molar-refractivity contribution in [3.05, 3.63) is 161 Å². The fourth-order valence-corrected chi connectivity index (χ4v) is 13.9. The molecule has 0 spiro atoms. The molecule has 11 rings (SSSR count). The van der Waals surface area contributed by atoms with Crippen LogP contribution in [0, 0.1) is 0 Å². The van der Waals surface area contributed by atoms with E-state index in [-0.39, 0.29) is 16.2 Å². The van der Waals surface area contributed by atoms with Gasteiger partial charge in [0.05, 0.1) is 0 Å². The van der Waals surface area contributed by atoms with E-state index in [1.807, 2.05) is 47.7 Å². The van der Waals surface area contributed by atoms with Gasteiger partial charge in [-0.1, -0.05) is 162 Å². The Hall–Kier alpha value is -4.48. The van der Waals surface area contributed by atoms with Crippen molar-refractivity contribution in [2.24, 2.45) is 0 Å². The predicted octanol–water partition coefficient (Wildman–Crippen LogP) is 14.4. The summed E-state index contributed by atoms with van der Waals surface area (Å²) in [6.07, 6.45) is 4.08. The van der Waals surface area contributed by atoms with Crippen LogP contribution in [0.3, 0.4) is 0 Å². The average Bonchev–Trinajstić information content (AvgIpc) is 3.56. The van der Waals surface area contributed by atoms with Gasteiger partial charge in [-0.3, -0.25) is 4.98 Å². The van der Waals surface area contributed by atoms with E-state index in [0.717, 1.165) is 11.1 Å². The third-order valence-electron chi connectivity index (χ3n) is 12.7. The van der Waals surface area contributed by atoms with E-state index in [1.165, 1.54) is 96.1 Å². The van der Waals surface area contributed by atoms with Crippen LogP contribution in [0.25, 0.3) is 44.5 Å². The number of benzene rings is 6. The van der Waals surface area contributed by atoms with Crippen molar-refractivity contribution in [3.8, 4) is 44.5 Å². The minimum atomic E-state index is -0.115. The zero-order valence-corrected chi connectivity index (χ0v) is 33.7. The smallest absolute Gasteiger partial charge is 0.0347 e. The Morgan fingerprint density at radius 2 is 0.981 bits per heavy atom. The van der Waals surface area contributed by atoms with Crippen molar-refractivity contribution in [3.63, 3.8) is 0 Å². The number of aromatic nitrogens is 1. The molecule has 54 heavy (non-hydrogen) atoms. The van der Waals surface area contributed by atoms with E-state index >= 15 is 0 Å². The molecular formula is C50H39NS3. The molecule has 7 aromatic rings. The summed E-state index contributed by atoms with van der Waals surface area (Å²) in [4.78, 5) is 13.0. The van der Waals surface area contributed by atoms with Gasteiger partial charge >= 0.3 is 0 Å². The molecule has 3 heterocycles. The number of fused-ring (bicyclic) bond motifs is 12. The molecule has 262 valence electrons. The SMILES string of the molecule is CC1(C)c2ccccc2Sc2c1ccc1c2-c2ccc(-c3cncc(-c4cccc5c4Sc4c(ccc6c4-c4ccccc4C6(C)C)S5)c3)cc2C1(C)C. The minimum Gasteiger partial charge on any atom is -0.263 e. The Morgan fingerprint density at radius 3 is 1.83 bits per heavy atom. The maximum atomic E-state index is 4.88. The highest BCUT2D eigenvalue weighted by atomic mass is 32.2. The lowest BCUT2D eigenvalue weighted by Crippen LogP contribution is -2.24. The quantitative estimate of drug-likeness (QED) is 0.174. The van der Waals surface area contributed by atoms with Crippen LogP contribution in [0.5, 0.6) is 0 Å². The molecule has 1 aromatic heterocycles. The number of pyridine rings is 1. The zero-order valence-electron chi connectivity index (χ0n) is 31.3. The normalized spacial score (nSPS) is 16.9. The van der Waals surface area contributed by atoms with Gasteiger partial charge in [-0.15, -0.1) is 0 Å². The summed E-state index contributed by atoms with van der Waals surface area (Å²) >= 11 is 5.79. The van der Waals surface area contributed by atoms with E-state index in [4.69, 9.17) is 4.98 Å². The largest absolute Gasteiger partial charge is 0.263 e. The van der Waals surface area contributed by atoms with Crippen molar-refractivity contribution in [1.29, 1.82) is 0 Å². The van der Waals surface area contributed by atoms with Crippen LogP contribution in [-0.4, -0.2) is 4.98 Å². The monoisotopic (exact) mass is 749 g/mol. The standard InChI is InChI=1S/C50H39NS3/c1-48(2)34-14-8-7-12-32(34)44-37(48)22-23-42-47(44)54-45-31(13-11-17-41(45)52-42)30-24-29(26-51-27-30)28-18-19-33-39(25-28)50(5,6)36-20-21-38-46(43(33)36)53-40-16-10-9-15-35(40)49(38,3)4/h7-27H,1-6H3. The molecule has 2 aliphatic heterocycles. The maximum Gasteiger partial charge on any atom is 0.0347 e. The highest BCUT2D eigenvalue weighted by Gasteiger charge is 2.42. The van der Waals surface area contributed by atoms with Gasteiger partial charge < -0.3 is 0 Å². The van der Waals surface area contributed by atoms with Gasteiger partial charge in [0.2, 0.25) is 0 Å². The maximum absolute atomic E-state index is 4.88. The Morgan fingerprint density at radius 1 is 0.370 bits per heavy atom. The number of hydrogen-bond acceptors (Lipinski definition) is 4. The fourth-order valence-electron chi connectivity index (χ4n) is 9.72. The highest BCUT2D eigenvalue weighted by Crippen LogP contribution is 2.61. The van der Waals surface area contributed by atoms with Crippen molar-refractivity contribution < 1.29 is 0 Å². The average molecular weight is 750 g/mol. The second kappa shape index (κ2) is 11.3. The van der Waals surface area contributed by atoms with Crippen LogP contribution in [0.15, 0.2) is 157 Å². The molecule has 6 aromatic carbocycles. The Labute approximate surface area is 331 Å². The molecule has 0 saturated heterocycles. The molecule has 0 amide bonds. The molecule has 0 N–H and O–H groups in total. The summed E-state index contributed by atoms with van der Waals surface area (Å²) in [5.41, 5.74) is 18.7. The summed E-state index contributed by atoms with van der Waals surface area (Å²) in [6.45, 7) is 14.3. The van der Waals surface area contributed by atoms with Crippen molar-refractivity contribution in [2.45, 2.75) is 87.2 Å². The van der Waals surface area contributed by atoms with E-state index < -0.39 is 0 Å². The first-order valence-corrected chi connectivity index (χ1v) is 21.3. The fraction of sp³-hybridized carbons (Fsp3) is 0.180. The highest BCUT2D eigenvalue weighted by molar-refractivity contribution is 8.05. The lowest BCUT2D eigenvalue weighted by Gasteiger charge is -2.36. The molecule has 1 nitrogen and oxygen atoms in total. The Kier molecular flexibility index (Phi) is 6.88. The molecule has 0 unspecified atom stereocenters. The summed E-state index contributed by atoms with van der Waals surface area (Å²) in [6, 6.07) is 43.7. The third kappa shape index (κ3) is 4.42. The van der Waals surface area contributed by atoms with Crippen LogP contribution < -0.4 is 0 Å². The topological polar surface area (TPSA) is 12.9 Å². The molecule has 2 aliphatic carbocycles. The van der Waals surface area contributed by atoms with E-state index in [9.17, 15) is 0 Å². The summed E-state index contributed by atoms with van der Waals surface area (Å²) in [7, 11) is 0. The van der Waals surface area contributed by atoms with Crippen LogP contribution in [0.2, 0.25) is 0 Å². The van der Waals surface area contributed by atoms with Gasteiger partial charge in [-0.05, 0) is 86.0 Å². The van der Waals surface area contributed by atoms with Gasteiger partial charge in [-0.25, -0.2) is 0 Å². The van der Waals surface area contributed by atoms with Gasteiger partial charge in [0.25, 0.3) is 0 Å². The van der Waals surface area contributed by atoms with E-state index in [1.54, 1.807) is 0 Å². The first kappa shape index (κ1) is 32.9. The van der Waals surface area contributed by atoms with Gasteiger partial charge in [0.1, 0.15) is 0 Å². The first-order valence-electron chi connectivity index (χ1n) is 18.9. The van der Waals surface area contributed by atoms with Gasteiger partial charge in [-0.2, -0.15) is 0 Å². The van der Waals surface area contributed by atoms with E-state index in [2.05, 4.69) is 157 Å². The predicted molar refractivity (Wildman–Crippen MR) is 228 cm³/mol. The molecule has 4 heteroatoms. The van der Waals surface area contributed by atoms with Crippen molar-refractivity contribution in [2.75, 3.05) is 0 Å². The Balaban J connectivity index is 0.991. The van der Waals surface area contributed by atoms with E-state index in [0.29, 0.717) is 0 Å². The Bertz CT molecular complexity index is 2790. The lowest BCUT2D eigenvalue weighted by molar-refractivity contribution is 0.604. The number of nitrogens with zero attached hydrogens (tertiary/aromatic N) is 1. The van der Waals surface area contributed by atoms with Crippen LogP contribution in [0.4, 0.5) is 0 Å². The first-order chi connectivity index (χ1) is 26.0. The summed E-state index contributed by atoms with van der Waals surface area (Å²) in [5, 5.41) is 0. The molecule has 0 saturated carbocycles. The molecule has 0 radical (unpaired) electrons. The van der Waals surface area contributed by atoms with Gasteiger partial charge in [0, 0.05) is 80.3 Å². The van der Waals surface area contributed by atoms with Crippen molar-refractivity contribution in [1.82, 2.24) is 4.98 Å². The molecule has 0 bridgehead atoms. The number of rotatable bonds is 2. The molecule has 0 atom stereocenters. The molecular weight excluding hydrogens is 711 g/mol. The summed E-state index contributed by atoms with van der Waals surface area (Å²) < 4.78 is 0. The zero-order chi connectivity index (χ0) is 36.7. The van der Waals surface area contributed by atoms with Gasteiger partial charge in [0.15, 0.2) is 0 Å². The van der Waals surface area contributed by atoms with Crippen LogP contribution in [0.1, 0.15) is 74.9 Å². The number of hydrogen-bond donors (Lipinski definition) is 0. The minimum absolute atomic E-state index is 0.0176.